The topological polar surface area (TPSA) is 47.6 Å². The van der Waals surface area contributed by atoms with Crippen LogP contribution in [0.1, 0.15) is 33.3 Å². The Kier molecular flexibility index (Phi) is 6.14. The first-order valence-electron chi connectivity index (χ1n) is 7.24. The van der Waals surface area contributed by atoms with Crippen LogP contribution in [-0.4, -0.2) is 38.7 Å². The van der Waals surface area contributed by atoms with Gasteiger partial charge in [0.25, 0.3) is 0 Å². The number of hydrogen-bond donors (Lipinski definition) is 1. The quantitative estimate of drug-likeness (QED) is 0.678. The van der Waals surface area contributed by atoms with Gasteiger partial charge < -0.3 is 19.4 Å². The normalized spacial score (nSPS) is 18.9. The van der Waals surface area contributed by atoms with E-state index >= 15 is 0 Å². The number of carbonyl (C=O) groups is 1. The van der Waals surface area contributed by atoms with E-state index in [1.165, 1.54) is 0 Å². The molecule has 1 N–H and O–H groups in total. The molecule has 1 aliphatic rings. The van der Waals surface area contributed by atoms with Crippen LogP contribution in [0.15, 0.2) is 24.3 Å². The zero-order valence-electron chi connectivity index (χ0n) is 13.9. The SMILES string of the molecule is CC1(C)OB(c2ccc(CC=O)cc2)OC1(C)C.CNC. The van der Waals surface area contributed by atoms with Gasteiger partial charge in [-0.15, -0.1) is 0 Å². The highest BCUT2D eigenvalue weighted by atomic mass is 16.7. The zero-order chi connectivity index (χ0) is 16.1. The van der Waals surface area contributed by atoms with Crippen molar-refractivity contribution < 1.29 is 14.1 Å². The molecule has 1 fully saturated rings. The second-order valence-electron chi connectivity index (χ2n) is 6.20. The molecule has 116 valence electrons. The van der Waals surface area contributed by atoms with Gasteiger partial charge in [0.2, 0.25) is 0 Å². The molecule has 0 bridgehead atoms. The van der Waals surface area contributed by atoms with Gasteiger partial charge in [-0.25, -0.2) is 0 Å². The third-order valence-electron chi connectivity index (χ3n) is 3.82. The van der Waals surface area contributed by atoms with E-state index in [9.17, 15) is 4.79 Å². The average molecular weight is 291 g/mol. The van der Waals surface area contributed by atoms with E-state index in [0.29, 0.717) is 6.42 Å². The first-order valence-corrected chi connectivity index (χ1v) is 7.24. The first kappa shape index (κ1) is 17.9. The molecule has 5 heteroatoms. The van der Waals surface area contributed by atoms with Crippen molar-refractivity contribution in [2.45, 2.75) is 45.3 Å². The molecule has 1 heterocycles. The number of carbonyl (C=O) groups excluding carboxylic acids is 1. The van der Waals surface area contributed by atoms with Crippen molar-refractivity contribution >= 4 is 18.9 Å². The van der Waals surface area contributed by atoms with Crippen molar-refractivity contribution in [1.82, 2.24) is 5.32 Å². The largest absolute Gasteiger partial charge is 0.494 e. The molecule has 1 aliphatic heterocycles. The molecule has 4 nitrogen and oxygen atoms in total. The molecule has 0 atom stereocenters. The minimum atomic E-state index is -0.333. The Bertz CT molecular complexity index is 441. The van der Waals surface area contributed by atoms with Crippen molar-refractivity contribution in [1.29, 1.82) is 0 Å². The van der Waals surface area contributed by atoms with Crippen molar-refractivity contribution in [3.63, 3.8) is 0 Å². The highest BCUT2D eigenvalue weighted by molar-refractivity contribution is 6.62. The van der Waals surface area contributed by atoms with Gasteiger partial charge in [-0.2, -0.15) is 0 Å². The number of hydrogen-bond acceptors (Lipinski definition) is 4. The summed E-state index contributed by atoms with van der Waals surface area (Å²) >= 11 is 0. The van der Waals surface area contributed by atoms with Crippen LogP contribution in [0.25, 0.3) is 0 Å². The van der Waals surface area contributed by atoms with Crippen LogP contribution < -0.4 is 10.8 Å². The molecule has 0 spiro atoms. The van der Waals surface area contributed by atoms with Gasteiger partial charge in [0, 0.05) is 6.42 Å². The smallest absolute Gasteiger partial charge is 0.399 e. The summed E-state index contributed by atoms with van der Waals surface area (Å²) in [6.45, 7) is 8.14. The van der Waals surface area contributed by atoms with Crippen molar-refractivity contribution in [3.05, 3.63) is 29.8 Å². The van der Waals surface area contributed by atoms with Gasteiger partial charge in [-0.3, -0.25) is 0 Å². The molecule has 0 amide bonds. The van der Waals surface area contributed by atoms with Gasteiger partial charge in [0.15, 0.2) is 0 Å². The summed E-state index contributed by atoms with van der Waals surface area (Å²) < 4.78 is 11.9. The van der Waals surface area contributed by atoms with E-state index in [2.05, 4.69) is 5.32 Å². The van der Waals surface area contributed by atoms with Crippen LogP contribution in [0, 0.1) is 0 Å². The molecule has 0 aliphatic carbocycles. The number of nitrogens with one attached hydrogen (secondary N) is 1. The van der Waals surface area contributed by atoms with Gasteiger partial charge in [0.05, 0.1) is 11.2 Å². The van der Waals surface area contributed by atoms with Gasteiger partial charge in [-0.05, 0) is 52.8 Å². The van der Waals surface area contributed by atoms with Crippen LogP contribution in [-0.2, 0) is 20.5 Å². The lowest BCUT2D eigenvalue weighted by atomic mass is 9.79. The monoisotopic (exact) mass is 291 g/mol. The molecule has 1 aromatic rings. The Morgan fingerprint density at radius 2 is 1.48 bits per heavy atom. The Balaban J connectivity index is 0.000000677. The molecule has 0 unspecified atom stereocenters. The van der Waals surface area contributed by atoms with Crippen molar-refractivity contribution in [2.75, 3.05) is 14.1 Å². The van der Waals surface area contributed by atoms with Gasteiger partial charge in [0.1, 0.15) is 6.29 Å². The summed E-state index contributed by atoms with van der Waals surface area (Å²) in [7, 11) is 3.42. The summed E-state index contributed by atoms with van der Waals surface area (Å²) in [5.74, 6) is 0. The van der Waals surface area contributed by atoms with E-state index < -0.39 is 0 Å². The predicted molar refractivity (Wildman–Crippen MR) is 86.9 cm³/mol. The van der Waals surface area contributed by atoms with Crippen LogP contribution in [0.2, 0.25) is 0 Å². The van der Waals surface area contributed by atoms with E-state index in [0.717, 1.165) is 17.3 Å². The molecule has 0 saturated carbocycles. The van der Waals surface area contributed by atoms with Crippen molar-refractivity contribution in [3.8, 4) is 0 Å². The summed E-state index contributed by atoms with van der Waals surface area (Å²) in [4.78, 5) is 10.4. The maximum atomic E-state index is 10.4. The Hall–Kier alpha value is -1.17. The van der Waals surface area contributed by atoms with Gasteiger partial charge in [-0.1, -0.05) is 24.3 Å². The van der Waals surface area contributed by atoms with E-state index in [1.54, 1.807) is 0 Å². The fourth-order valence-corrected chi connectivity index (χ4v) is 1.89. The summed E-state index contributed by atoms with van der Waals surface area (Å²) in [5, 5.41) is 2.75. The highest BCUT2D eigenvalue weighted by Gasteiger charge is 2.51. The predicted octanol–water partition coefficient (Wildman–Crippen LogP) is 1.56. The molecule has 1 aromatic carbocycles. The Labute approximate surface area is 128 Å². The fourth-order valence-electron chi connectivity index (χ4n) is 1.89. The maximum Gasteiger partial charge on any atom is 0.494 e. The molecular formula is C16H26BNO3. The molecule has 2 rings (SSSR count). The Morgan fingerprint density at radius 1 is 1.05 bits per heavy atom. The summed E-state index contributed by atoms with van der Waals surface area (Å²) in [6.07, 6.45) is 1.35. The number of benzene rings is 1. The lowest BCUT2D eigenvalue weighted by Gasteiger charge is -2.32. The molecule has 21 heavy (non-hydrogen) atoms. The first-order chi connectivity index (χ1) is 9.77. The second-order valence-corrected chi connectivity index (χ2v) is 6.20. The lowest BCUT2D eigenvalue weighted by molar-refractivity contribution is -0.107. The minimum Gasteiger partial charge on any atom is -0.399 e. The van der Waals surface area contributed by atoms with Crippen molar-refractivity contribution in [2.24, 2.45) is 0 Å². The van der Waals surface area contributed by atoms with Crippen LogP contribution in [0.4, 0.5) is 0 Å². The maximum absolute atomic E-state index is 10.4. The third kappa shape index (κ3) is 4.40. The average Bonchev–Trinajstić information content (AvgIpc) is 2.61. The fraction of sp³-hybridized carbons (Fsp3) is 0.562. The number of aldehydes is 1. The second kappa shape index (κ2) is 7.21. The molecule has 1 saturated heterocycles. The zero-order valence-corrected chi connectivity index (χ0v) is 13.9. The standard InChI is InChI=1S/C14H19BO3.C2H7N/c1-13(2)14(3,4)18-15(17-13)12-7-5-11(6-8-12)9-10-16;1-3-2/h5-8,10H,9H2,1-4H3;3H,1-2H3. The summed E-state index contributed by atoms with van der Waals surface area (Å²) in [6, 6.07) is 7.80. The van der Waals surface area contributed by atoms with E-state index in [1.807, 2.05) is 66.1 Å². The van der Waals surface area contributed by atoms with Crippen LogP contribution in [0.3, 0.4) is 0 Å². The number of rotatable bonds is 3. The molecular weight excluding hydrogens is 265 g/mol. The third-order valence-corrected chi connectivity index (χ3v) is 3.82. The van der Waals surface area contributed by atoms with E-state index in [-0.39, 0.29) is 18.3 Å². The minimum absolute atomic E-state index is 0.320. The lowest BCUT2D eigenvalue weighted by Crippen LogP contribution is -2.41. The van der Waals surface area contributed by atoms with Gasteiger partial charge >= 0.3 is 7.12 Å². The van der Waals surface area contributed by atoms with Crippen LogP contribution >= 0.6 is 0 Å². The molecule has 0 aromatic heterocycles. The van der Waals surface area contributed by atoms with Crippen LogP contribution in [0.5, 0.6) is 0 Å². The summed E-state index contributed by atoms with van der Waals surface area (Å²) in [5.41, 5.74) is 1.35. The highest BCUT2D eigenvalue weighted by Crippen LogP contribution is 2.36. The Morgan fingerprint density at radius 3 is 1.86 bits per heavy atom. The molecule has 0 radical (unpaired) electrons. The van der Waals surface area contributed by atoms with E-state index in [4.69, 9.17) is 9.31 Å².